The molecule has 2 aromatic carbocycles. The molecule has 2 aromatic heterocycles. The third-order valence-electron chi connectivity index (χ3n) is 4.25. The average Bonchev–Trinajstić information content (AvgIpc) is 3.04. The summed E-state index contributed by atoms with van der Waals surface area (Å²) in [7, 11) is 0. The number of aromatic amines is 1. The molecule has 1 atom stereocenters. The fraction of sp³-hybridized carbons (Fsp3) is 0.105. The maximum absolute atomic E-state index is 11.8. The van der Waals surface area contributed by atoms with E-state index < -0.39 is 12.0 Å². The van der Waals surface area contributed by atoms with Gasteiger partial charge in [0.15, 0.2) is 0 Å². The standard InChI is InChI=1S/C19H16N4O2/c24-19(25)17(9-12-10-20-15-7-3-1-5-13(12)15)23-18-14-6-2-4-8-16(14)21-11-22-18/h1-8,10-11,17,20H,9H2,(H,24,25)(H,21,22,23)/t17-/m0/s1. The Morgan fingerprint density at radius 3 is 2.68 bits per heavy atom. The van der Waals surface area contributed by atoms with Crippen LogP contribution < -0.4 is 5.32 Å². The first-order valence-corrected chi connectivity index (χ1v) is 7.96. The average molecular weight is 332 g/mol. The van der Waals surface area contributed by atoms with Crippen molar-refractivity contribution in [1.82, 2.24) is 15.0 Å². The van der Waals surface area contributed by atoms with Crippen molar-refractivity contribution >= 4 is 33.6 Å². The van der Waals surface area contributed by atoms with Crippen molar-refractivity contribution < 1.29 is 9.90 Å². The molecule has 0 aliphatic rings. The summed E-state index contributed by atoms with van der Waals surface area (Å²) in [5, 5.41) is 14.6. The van der Waals surface area contributed by atoms with E-state index in [0.29, 0.717) is 12.2 Å². The van der Waals surface area contributed by atoms with Gasteiger partial charge >= 0.3 is 5.97 Å². The van der Waals surface area contributed by atoms with Gasteiger partial charge < -0.3 is 15.4 Å². The minimum Gasteiger partial charge on any atom is -0.480 e. The normalized spacial score (nSPS) is 12.3. The number of nitrogens with zero attached hydrogens (tertiary/aromatic N) is 2. The lowest BCUT2D eigenvalue weighted by atomic mass is 10.0. The third kappa shape index (κ3) is 2.89. The molecule has 0 aliphatic heterocycles. The van der Waals surface area contributed by atoms with E-state index in [1.54, 1.807) is 0 Å². The van der Waals surface area contributed by atoms with Gasteiger partial charge in [0.05, 0.1) is 5.52 Å². The molecule has 6 nitrogen and oxygen atoms in total. The van der Waals surface area contributed by atoms with Crippen molar-refractivity contribution in [2.75, 3.05) is 5.32 Å². The van der Waals surface area contributed by atoms with Gasteiger partial charge in [0.2, 0.25) is 0 Å². The maximum Gasteiger partial charge on any atom is 0.326 e. The lowest BCUT2D eigenvalue weighted by Gasteiger charge is -2.16. The first-order chi connectivity index (χ1) is 12.2. The van der Waals surface area contributed by atoms with Gasteiger partial charge in [-0.15, -0.1) is 0 Å². The highest BCUT2D eigenvalue weighted by molar-refractivity contribution is 5.91. The van der Waals surface area contributed by atoms with Gasteiger partial charge in [0.25, 0.3) is 0 Å². The van der Waals surface area contributed by atoms with E-state index in [9.17, 15) is 9.90 Å². The molecule has 4 aromatic rings. The maximum atomic E-state index is 11.8. The summed E-state index contributed by atoms with van der Waals surface area (Å²) in [6.07, 6.45) is 3.65. The van der Waals surface area contributed by atoms with Gasteiger partial charge in [-0.1, -0.05) is 30.3 Å². The van der Waals surface area contributed by atoms with Crippen molar-refractivity contribution in [3.05, 3.63) is 66.6 Å². The predicted octanol–water partition coefficient (Wildman–Crippen LogP) is 3.22. The lowest BCUT2D eigenvalue weighted by Crippen LogP contribution is -2.32. The van der Waals surface area contributed by atoms with Crippen LogP contribution in [0, 0.1) is 0 Å². The second-order valence-corrected chi connectivity index (χ2v) is 5.84. The van der Waals surface area contributed by atoms with E-state index in [1.165, 1.54) is 6.33 Å². The number of anilines is 1. The summed E-state index contributed by atoms with van der Waals surface area (Å²) < 4.78 is 0. The Kier molecular flexibility index (Phi) is 3.78. The van der Waals surface area contributed by atoms with Gasteiger partial charge in [-0.2, -0.15) is 0 Å². The Bertz CT molecular complexity index is 1050. The van der Waals surface area contributed by atoms with Gasteiger partial charge in [-0.05, 0) is 23.8 Å². The van der Waals surface area contributed by atoms with Crippen LogP contribution in [0.5, 0.6) is 0 Å². The molecule has 2 heterocycles. The molecule has 0 fully saturated rings. The molecule has 0 aliphatic carbocycles. The second-order valence-electron chi connectivity index (χ2n) is 5.84. The fourth-order valence-electron chi connectivity index (χ4n) is 3.01. The number of nitrogens with one attached hydrogen (secondary N) is 2. The Balaban J connectivity index is 1.67. The van der Waals surface area contributed by atoms with Crippen LogP contribution in [0.3, 0.4) is 0 Å². The quantitative estimate of drug-likeness (QED) is 0.522. The molecule has 6 heteroatoms. The number of fused-ring (bicyclic) bond motifs is 2. The van der Waals surface area contributed by atoms with Crippen LogP contribution >= 0.6 is 0 Å². The number of carboxylic acids is 1. The number of aromatic nitrogens is 3. The number of benzene rings is 2. The van der Waals surface area contributed by atoms with E-state index in [0.717, 1.165) is 27.4 Å². The first kappa shape index (κ1) is 15.1. The molecule has 0 unspecified atom stereocenters. The Labute approximate surface area is 143 Å². The van der Waals surface area contributed by atoms with Gasteiger partial charge in [-0.3, -0.25) is 0 Å². The zero-order chi connectivity index (χ0) is 17.2. The zero-order valence-corrected chi connectivity index (χ0v) is 13.3. The van der Waals surface area contributed by atoms with E-state index in [-0.39, 0.29) is 0 Å². The molecular weight excluding hydrogens is 316 g/mol. The van der Waals surface area contributed by atoms with Gasteiger partial charge in [0, 0.05) is 28.9 Å². The topological polar surface area (TPSA) is 90.9 Å². The van der Waals surface area contributed by atoms with E-state index in [2.05, 4.69) is 20.3 Å². The molecule has 124 valence electrons. The summed E-state index contributed by atoms with van der Waals surface area (Å²) in [5.74, 6) is -0.397. The van der Waals surface area contributed by atoms with Crippen LogP contribution in [0.4, 0.5) is 5.82 Å². The minimum atomic E-state index is -0.923. The number of aliphatic carboxylic acids is 1. The number of carbonyl (C=O) groups is 1. The number of H-pyrrole nitrogens is 1. The van der Waals surface area contributed by atoms with E-state index in [1.807, 2.05) is 54.7 Å². The van der Waals surface area contributed by atoms with E-state index in [4.69, 9.17) is 0 Å². The van der Waals surface area contributed by atoms with Crippen LogP contribution in [-0.2, 0) is 11.2 Å². The molecule has 0 amide bonds. The molecule has 25 heavy (non-hydrogen) atoms. The monoisotopic (exact) mass is 332 g/mol. The van der Waals surface area contributed by atoms with Crippen molar-refractivity contribution in [2.45, 2.75) is 12.5 Å². The summed E-state index contributed by atoms with van der Waals surface area (Å²) >= 11 is 0. The van der Waals surface area contributed by atoms with Gasteiger partial charge in [0.1, 0.15) is 18.2 Å². The second kappa shape index (κ2) is 6.24. The molecule has 0 bridgehead atoms. The first-order valence-electron chi connectivity index (χ1n) is 7.96. The van der Waals surface area contributed by atoms with Crippen molar-refractivity contribution in [3.8, 4) is 0 Å². The van der Waals surface area contributed by atoms with Gasteiger partial charge in [-0.25, -0.2) is 14.8 Å². The van der Waals surface area contributed by atoms with Crippen molar-refractivity contribution in [2.24, 2.45) is 0 Å². The van der Waals surface area contributed by atoms with Crippen LogP contribution in [0.2, 0.25) is 0 Å². The van der Waals surface area contributed by atoms with Crippen molar-refractivity contribution in [1.29, 1.82) is 0 Å². The molecule has 0 radical (unpaired) electrons. The van der Waals surface area contributed by atoms with Crippen LogP contribution in [-0.4, -0.2) is 32.1 Å². The fourth-order valence-corrected chi connectivity index (χ4v) is 3.01. The summed E-state index contributed by atoms with van der Waals surface area (Å²) in [4.78, 5) is 23.4. The molecule has 0 spiro atoms. The Morgan fingerprint density at radius 2 is 1.84 bits per heavy atom. The highest BCUT2D eigenvalue weighted by atomic mass is 16.4. The smallest absolute Gasteiger partial charge is 0.326 e. The third-order valence-corrected chi connectivity index (χ3v) is 4.25. The SMILES string of the molecule is O=C(O)[C@H](Cc1c[nH]c2ccccc12)Nc1ncnc2ccccc12. The van der Waals surface area contributed by atoms with Crippen LogP contribution in [0.15, 0.2) is 61.1 Å². The predicted molar refractivity (Wildman–Crippen MR) is 96.6 cm³/mol. The molecule has 3 N–H and O–H groups in total. The summed E-state index contributed by atoms with van der Waals surface area (Å²) in [5.41, 5.74) is 2.72. The van der Waals surface area contributed by atoms with Crippen LogP contribution in [0.25, 0.3) is 21.8 Å². The van der Waals surface area contributed by atoms with E-state index >= 15 is 0 Å². The number of carboxylic acid groups (broad SMARTS) is 1. The minimum absolute atomic E-state index is 0.345. The highest BCUT2D eigenvalue weighted by Crippen LogP contribution is 2.22. The Morgan fingerprint density at radius 1 is 1.08 bits per heavy atom. The number of hydrogen-bond acceptors (Lipinski definition) is 4. The largest absolute Gasteiger partial charge is 0.480 e. The Hall–Kier alpha value is -3.41. The highest BCUT2D eigenvalue weighted by Gasteiger charge is 2.21. The number of rotatable bonds is 5. The van der Waals surface area contributed by atoms with Crippen LogP contribution in [0.1, 0.15) is 5.56 Å². The summed E-state index contributed by atoms with van der Waals surface area (Å²) in [6, 6.07) is 14.6. The molecular formula is C19H16N4O2. The lowest BCUT2D eigenvalue weighted by molar-refractivity contribution is -0.137. The molecule has 4 rings (SSSR count). The number of hydrogen-bond donors (Lipinski definition) is 3. The number of para-hydroxylation sites is 2. The molecule has 0 saturated carbocycles. The zero-order valence-electron chi connectivity index (χ0n) is 13.3. The summed E-state index contributed by atoms with van der Waals surface area (Å²) in [6.45, 7) is 0. The van der Waals surface area contributed by atoms with Crippen molar-refractivity contribution in [3.63, 3.8) is 0 Å². The molecule has 0 saturated heterocycles.